The number of nitriles is 1. The summed E-state index contributed by atoms with van der Waals surface area (Å²) >= 11 is 0. The van der Waals surface area contributed by atoms with E-state index in [0.29, 0.717) is 0 Å². The maximum Gasteiger partial charge on any atom is 0.328 e. The number of hydrogen-bond donors (Lipinski definition) is 4. The van der Waals surface area contributed by atoms with Crippen LogP contribution in [0, 0.1) is 17.1 Å². The Morgan fingerprint density at radius 2 is 2.16 bits per heavy atom. The van der Waals surface area contributed by atoms with Gasteiger partial charge in [-0.1, -0.05) is 6.07 Å². The smallest absolute Gasteiger partial charge is 0.328 e. The summed E-state index contributed by atoms with van der Waals surface area (Å²) in [6.07, 6.45) is 0. The second-order valence-corrected chi connectivity index (χ2v) is 3.45. The second-order valence-electron chi connectivity index (χ2n) is 3.45. The van der Waals surface area contributed by atoms with Gasteiger partial charge in [-0.3, -0.25) is 0 Å². The van der Waals surface area contributed by atoms with Crippen LogP contribution in [0.4, 0.5) is 14.9 Å². The van der Waals surface area contributed by atoms with Crippen LogP contribution in [-0.4, -0.2) is 34.9 Å². The fourth-order valence-corrected chi connectivity index (χ4v) is 1.24. The van der Waals surface area contributed by atoms with Gasteiger partial charge in [0, 0.05) is 0 Å². The lowest BCUT2D eigenvalue weighted by atomic mass is 10.2. The van der Waals surface area contributed by atoms with E-state index in [0.717, 1.165) is 6.07 Å². The molecule has 0 aliphatic rings. The molecule has 8 heteroatoms. The van der Waals surface area contributed by atoms with E-state index in [9.17, 15) is 14.0 Å². The molecule has 19 heavy (non-hydrogen) atoms. The number of carbonyl (C=O) groups is 2. The Labute approximate surface area is 107 Å². The van der Waals surface area contributed by atoms with Crippen LogP contribution in [0.2, 0.25) is 0 Å². The van der Waals surface area contributed by atoms with E-state index in [-0.39, 0.29) is 11.3 Å². The summed E-state index contributed by atoms with van der Waals surface area (Å²) in [5.41, 5.74) is -0.462. The van der Waals surface area contributed by atoms with Crippen LogP contribution in [-0.2, 0) is 4.79 Å². The largest absolute Gasteiger partial charge is 0.480 e. The molecule has 0 aliphatic carbocycles. The molecule has 0 saturated carbocycles. The van der Waals surface area contributed by atoms with E-state index < -0.39 is 30.5 Å². The molecule has 7 nitrogen and oxygen atoms in total. The van der Waals surface area contributed by atoms with Crippen molar-refractivity contribution in [3.05, 3.63) is 29.6 Å². The van der Waals surface area contributed by atoms with Crippen LogP contribution in [0.25, 0.3) is 0 Å². The van der Waals surface area contributed by atoms with Crippen LogP contribution in [0.15, 0.2) is 18.2 Å². The van der Waals surface area contributed by atoms with Crippen molar-refractivity contribution >= 4 is 17.7 Å². The number of amides is 2. The van der Waals surface area contributed by atoms with Crippen LogP contribution in [0.3, 0.4) is 0 Å². The first kappa shape index (κ1) is 14.4. The number of hydrogen-bond acceptors (Lipinski definition) is 4. The predicted octanol–water partition coefficient (Wildman–Crippen LogP) is 0.264. The molecule has 1 aromatic carbocycles. The molecule has 0 saturated heterocycles. The van der Waals surface area contributed by atoms with Gasteiger partial charge in [-0.2, -0.15) is 5.26 Å². The van der Waals surface area contributed by atoms with Gasteiger partial charge in [-0.05, 0) is 12.1 Å². The number of nitrogens with one attached hydrogen (secondary N) is 2. The van der Waals surface area contributed by atoms with Gasteiger partial charge in [0.1, 0.15) is 17.4 Å². The number of carboxylic acids is 1. The summed E-state index contributed by atoms with van der Waals surface area (Å²) in [6.45, 7) is -0.795. The van der Waals surface area contributed by atoms with Gasteiger partial charge in [0.05, 0.1) is 12.3 Å². The maximum absolute atomic E-state index is 13.2. The highest BCUT2D eigenvalue weighted by Gasteiger charge is 2.19. The summed E-state index contributed by atoms with van der Waals surface area (Å²) in [4.78, 5) is 22.0. The number of benzene rings is 1. The number of nitrogens with zero attached hydrogens (tertiary/aromatic N) is 1. The molecule has 0 spiro atoms. The number of aliphatic hydroxyl groups is 1. The summed E-state index contributed by atoms with van der Waals surface area (Å²) in [5, 5.41) is 30.2. The van der Waals surface area contributed by atoms with Crippen molar-refractivity contribution in [2.24, 2.45) is 0 Å². The molecule has 1 aromatic rings. The number of aliphatic hydroxyl groups excluding tert-OH is 1. The zero-order valence-corrected chi connectivity index (χ0v) is 9.55. The van der Waals surface area contributed by atoms with Gasteiger partial charge < -0.3 is 20.8 Å². The molecule has 0 aliphatic heterocycles. The van der Waals surface area contributed by atoms with Crippen LogP contribution in [0.1, 0.15) is 5.56 Å². The van der Waals surface area contributed by atoms with Crippen molar-refractivity contribution < 1.29 is 24.2 Å². The third kappa shape index (κ3) is 3.65. The lowest BCUT2D eigenvalue weighted by molar-refractivity contribution is -0.140. The lowest BCUT2D eigenvalue weighted by Crippen LogP contribution is -2.45. The second kappa shape index (κ2) is 6.32. The minimum absolute atomic E-state index is 0.0953. The van der Waals surface area contributed by atoms with E-state index in [1.807, 2.05) is 5.32 Å². The Bertz CT molecular complexity index is 541. The monoisotopic (exact) mass is 267 g/mol. The lowest BCUT2D eigenvalue weighted by Gasteiger charge is -2.13. The Hall–Kier alpha value is -2.66. The zero-order valence-electron chi connectivity index (χ0n) is 9.55. The fraction of sp³-hybridized carbons (Fsp3) is 0.182. The first-order valence-electron chi connectivity index (χ1n) is 5.09. The average Bonchev–Trinajstić information content (AvgIpc) is 2.36. The van der Waals surface area contributed by atoms with E-state index in [4.69, 9.17) is 15.5 Å². The van der Waals surface area contributed by atoms with Crippen molar-refractivity contribution in [3.63, 3.8) is 0 Å². The molecule has 4 N–H and O–H groups in total. The number of anilines is 1. The molecule has 0 heterocycles. The first-order valence-corrected chi connectivity index (χ1v) is 5.09. The highest BCUT2D eigenvalue weighted by molar-refractivity contribution is 5.93. The highest BCUT2D eigenvalue weighted by atomic mass is 19.1. The van der Waals surface area contributed by atoms with E-state index in [1.165, 1.54) is 12.1 Å². The van der Waals surface area contributed by atoms with E-state index in [1.54, 1.807) is 6.07 Å². The number of urea groups is 1. The van der Waals surface area contributed by atoms with Gasteiger partial charge in [-0.25, -0.2) is 14.0 Å². The average molecular weight is 267 g/mol. The maximum atomic E-state index is 13.2. The Morgan fingerprint density at radius 1 is 1.47 bits per heavy atom. The third-order valence-electron chi connectivity index (χ3n) is 2.16. The van der Waals surface area contributed by atoms with E-state index in [2.05, 4.69) is 5.32 Å². The van der Waals surface area contributed by atoms with Gasteiger partial charge in [0.15, 0.2) is 6.04 Å². The van der Waals surface area contributed by atoms with Crippen molar-refractivity contribution in [2.45, 2.75) is 6.04 Å². The molecule has 0 bridgehead atoms. The van der Waals surface area contributed by atoms with Gasteiger partial charge in [0.2, 0.25) is 0 Å². The number of halogens is 1. The Morgan fingerprint density at radius 3 is 2.68 bits per heavy atom. The third-order valence-corrected chi connectivity index (χ3v) is 2.16. The van der Waals surface area contributed by atoms with Crippen molar-refractivity contribution in [2.75, 3.05) is 11.9 Å². The number of carbonyl (C=O) groups excluding carboxylic acids is 1. The van der Waals surface area contributed by atoms with Crippen molar-refractivity contribution in [1.29, 1.82) is 5.26 Å². The molecular formula is C11H10FN3O4. The standard InChI is InChI=1S/C11H10FN3O4/c12-7-2-1-3-8(6(7)4-13)14-11(19)15-9(5-16)10(17)18/h1-3,9,16H,5H2,(H,17,18)(H2,14,15,19). The molecule has 1 rings (SSSR count). The molecule has 0 radical (unpaired) electrons. The van der Waals surface area contributed by atoms with Crippen LogP contribution in [0.5, 0.6) is 0 Å². The molecule has 1 atom stereocenters. The minimum atomic E-state index is -1.49. The molecular weight excluding hydrogens is 257 g/mol. The Balaban J connectivity index is 2.81. The number of aliphatic carboxylic acids is 1. The summed E-state index contributed by atoms with van der Waals surface area (Å²) in [7, 11) is 0. The quantitative estimate of drug-likeness (QED) is 0.623. The van der Waals surface area contributed by atoms with Crippen LogP contribution >= 0.6 is 0 Å². The summed E-state index contributed by atoms with van der Waals surface area (Å²) in [6, 6.07) is 2.74. The molecule has 0 aromatic heterocycles. The number of carboxylic acid groups (broad SMARTS) is 1. The summed E-state index contributed by atoms with van der Waals surface area (Å²) < 4.78 is 13.2. The zero-order chi connectivity index (χ0) is 14.4. The predicted molar refractivity (Wildman–Crippen MR) is 61.8 cm³/mol. The number of rotatable bonds is 4. The van der Waals surface area contributed by atoms with Gasteiger partial charge in [0.25, 0.3) is 0 Å². The highest BCUT2D eigenvalue weighted by Crippen LogP contribution is 2.17. The topological polar surface area (TPSA) is 122 Å². The molecule has 2 amide bonds. The van der Waals surface area contributed by atoms with E-state index >= 15 is 0 Å². The van der Waals surface area contributed by atoms with Crippen LogP contribution < -0.4 is 10.6 Å². The molecule has 0 fully saturated rings. The van der Waals surface area contributed by atoms with Crippen molar-refractivity contribution in [1.82, 2.24) is 5.32 Å². The SMILES string of the molecule is N#Cc1c(F)cccc1NC(=O)NC(CO)C(=O)O. The van der Waals surface area contributed by atoms with Gasteiger partial charge >= 0.3 is 12.0 Å². The molecule has 1 unspecified atom stereocenters. The fourth-order valence-electron chi connectivity index (χ4n) is 1.24. The normalized spacial score (nSPS) is 11.2. The van der Waals surface area contributed by atoms with Gasteiger partial charge in [-0.15, -0.1) is 0 Å². The Kier molecular flexibility index (Phi) is 4.79. The first-order chi connectivity index (χ1) is 8.99. The van der Waals surface area contributed by atoms with Crippen molar-refractivity contribution in [3.8, 4) is 6.07 Å². The minimum Gasteiger partial charge on any atom is -0.480 e. The molecule has 100 valence electrons. The summed E-state index contributed by atoms with van der Waals surface area (Å²) in [5.74, 6) is -2.23.